The highest BCUT2D eigenvalue weighted by atomic mass is 35.5. The summed E-state index contributed by atoms with van der Waals surface area (Å²) < 4.78 is 0. The van der Waals surface area contributed by atoms with Crippen molar-refractivity contribution in [3.8, 4) is 0 Å². The van der Waals surface area contributed by atoms with E-state index in [1.165, 1.54) is 0 Å². The second kappa shape index (κ2) is 5.91. The number of benzene rings is 1. The molecule has 0 saturated carbocycles. The summed E-state index contributed by atoms with van der Waals surface area (Å²) in [6, 6.07) is 6.81. The largest absolute Gasteiger partial charge is 0.323 e. The van der Waals surface area contributed by atoms with Gasteiger partial charge in [-0.2, -0.15) is 0 Å². The van der Waals surface area contributed by atoms with Gasteiger partial charge in [-0.25, -0.2) is 4.79 Å². The van der Waals surface area contributed by atoms with Crippen molar-refractivity contribution in [1.29, 1.82) is 0 Å². The van der Waals surface area contributed by atoms with Crippen molar-refractivity contribution in [2.24, 2.45) is 5.41 Å². The third-order valence-electron chi connectivity index (χ3n) is 2.72. The van der Waals surface area contributed by atoms with Gasteiger partial charge < -0.3 is 10.6 Å². The van der Waals surface area contributed by atoms with Crippen LogP contribution in [0.1, 0.15) is 27.7 Å². The molecule has 3 nitrogen and oxygen atoms in total. The molecule has 0 fully saturated rings. The zero-order valence-corrected chi connectivity index (χ0v) is 11.9. The average Bonchev–Trinajstić information content (AvgIpc) is 2.27. The summed E-state index contributed by atoms with van der Waals surface area (Å²) in [6.07, 6.45) is 1.71. The van der Waals surface area contributed by atoms with Gasteiger partial charge in [-0.05, 0) is 24.5 Å². The van der Waals surface area contributed by atoms with E-state index >= 15 is 0 Å². The summed E-state index contributed by atoms with van der Waals surface area (Å²) in [5.74, 6) is 0. The van der Waals surface area contributed by atoms with Crippen LogP contribution in [0.2, 0.25) is 5.02 Å². The van der Waals surface area contributed by atoms with Crippen LogP contribution in [0.4, 0.5) is 10.5 Å². The highest BCUT2D eigenvalue weighted by molar-refractivity contribution is 6.33. The molecule has 98 valence electrons. The molecule has 0 spiro atoms. The van der Waals surface area contributed by atoms with Crippen LogP contribution in [0, 0.1) is 5.41 Å². The highest BCUT2D eigenvalue weighted by Crippen LogP contribution is 2.23. The number of rotatable bonds is 2. The van der Waals surface area contributed by atoms with Gasteiger partial charge in [0.1, 0.15) is 0 Å². The van der Waals surface area contributed by atoms with Crippen LogP contribution in [-0.2, 0) is 0 Å². The van der Waals surface area contributed by atoms with Crippen molar-refractivity contribution in [2.75, 3.05) is 5.32 Å². The summed E-state index contributed by atoms with van der Waals surface area (Å²) in [5, 5.41) is 5.90. The first-order valence-electron chi connectivity index (χ1n) is 5.80. The predicted octanol–water partition coefficient (Wildman–Crippen LogP) is 4.41. The lowest BCUT2D eigenvalue weighted by atomic mass is 9.88. The standard InChI is InChI=1S/C14H19ClN2O/c1-10(14(2,3)4)9-16-13(18)17-12-8-6-5-7-11(12)15/h5-9H,1-4H3,(H2,16,17,18)/b10-9+. The smallest absolute Gasteiger partial charge is 0.314 e. The third-order valence-corrected chi connectivity index (χ3v) is 3.05. The number of nitrogens with one attached hydrogen (secondary N) is 2. The molecule has 0 radical (unpaired) electrons. The van der Waals surface area contributed by atoms with E-state index in [1.54, 1.807) is 18.3 Å². The molecule has 1 rings (SSSR count). The Morgan fingerprint density at radius 2 is 1.89 bits per heavy atom. The summed E-state index contributed by atoms with van der Waals surface area (Å²) in [4.78, 5) is 11.7. The van der Waals surface area contributed by atoms with E-state index in [0.29, 0.717) is 10.7 Å². The minimum absolute atomic E-state index is 0.0394. The van der Waals surface area contributed by atoms with Crippen LogP contribution in [0.25, 0.3) is 0 Å². The molecule has 0 heterocycles. The summed E-state index contributed by atoms with van der Waals surface area (Å²) >= 11 is 5.95. The van der Waals surface area contributed by atoms with Crippen LogP contribution in [-0.4, -0.2) is 6.03 Å². The molecule has 0 aromatic heterocycles. The second-order valence-corrected chi connectivity index (χ2v) is 5.56. The monoisotopic (exact) mass is 266 g/mol. The van der Waals surface area contributed by atoms with Crippen molar-refractivity contribution in [2.45, 2.75) is 27.7 Å². The lowest BCUT2D eigenvalue weighted by Gasteiger charge is -2.19. The first-order valence-corrected chi connectivity index (χ1v) is 6.18. The van der Waals surface area contributed by atoms with E-state index in [4.69, 9.17) is 11.6 Å². The van der Waals surface area contributed by atoms with Crippen molar-refractivity contribution in [3.63, 3.8) is 0 Å². The maximum absolute atomic E-state index is 11.7. The van der Waals surface area contributed by atoms with Gasteiger partial charge >= 0.3 is 6.03 Å². The van der Waals surface area contributed by atoms with Crippen LogP contribution >= 0.6 is 11.6 Å². The zero-order chi connectivity index (χ0) is 13.8. The van der Waals surface area contributed by atoms with Crippen LogP contribution in [0.3, 0.4) is 0 Å². The molecule has 0 unspecified atom stereocenters. The fourth-order valence-electron chi connectivity index (χ4n) is 1.11. The Morgan fingerprint density at radius 3 is 2.44 bits per heavy atom. The Labute approximate surface area is 113 Å². The van der Waals surface area contributed by atoms with Gasteiger partial charge in [-0.3, -0.25) is 0 Å². The molecular formula is C14H19ClN2O. The zero-order valence-electron chi connectivity index (χ0n) is 11.2. The average molecular weight is 267 g/mol. The molecule has 1 aromatic rings. The fraction of sp³-hybridized carbons (Fsp3) is 0.357. The number of carbonyl (C=O) groups excluding carboxylic acids is 1. The maximum Gasteiger partial charge on any atom is 0.323 e. The van der Waals surface area contributed by atoms with E-state index in [9.17, 15) is 4.79 Å². The highest BCUT2D eigenvalue weighted by Gasteiger charge is 2.12. The van der Waals surface area contributed by atoms with E-state index in [1.807, 2.05) is 19.1 Å². The molecule has 0 saturated heterocycles. The van der Waals surface area contributed by atoms with Gasteiger partial charge in [0.15, 0.2) is 0 Å². The lowest BCUT2D eigenvalue weighted by Crippen LogP contribution is -2.25. The molecule has 18 heavy (non-hydrogen) atoms. The van der Waals surface area contributed by atoms with Crippen LogP contribution in [0.5, 0.6) is 0 Å². The quantitative estimate of drug-likeness (QED) is 0.818. The molecule has 0 bridgehead atoms. The first-order chi connectivity index (χ1) is 8.30. The van der Waals surface area contributed by atoms with Crippen molar-refractivity contribution >= 4 is 23.3 Å². The number of hydrogen-bond acceptors (Lipinski definition) is 1. The van der Waals surface area contributed by atoms with Crippen molar-refractivity contribution in [1.82, 2.24) is 5.32 Å². The molecule has 2 amide bonds. The normalized spacial score (nSPS) is 12.2. The Morgan fingerprint density at radius 1 is 1.28 bits per heavy atom. The minimum Gasteiger partial charge on any atom is -0.314 e. The van der Waals surface area contributed by atoms with Crippen LogP contribution in [0.15, 0.2) is 36.0 Å². The second-order valence-electron chi connectivity index (χ2n) is 5.16. The number of carbonyl (C=O) groups is 1. The van der Waals surface area contributed by atoms with Crippen LogP contribution < -0.4 is 10.6 Å². The molecule has 0 aliphatic rings. The molecule has 1 aromatic carbocycles. The topological polar surface area (TPSA) is 41.1 Å². The number of urea groups is 1. The SMILES string of the molecule is C/C(=C\NC(=O)Nc1ccccc1Cl)C(C)(C)C. The number of anilines is 1. The minimum atomic E-state index is -0.299. The maximum atomic E-state index is 11.7. The van der Waals surface area contributed by atoms with Gasteiger partial charge in [0.2, 0.25) is 0 Å². The fourth-order valence-corrected chi connectivity index (χ4v) is 1.29. The van der Waals surface area contributed by atoms with E-state index in [2.05, 4.69) is 31.4 Å². The number of hydrogen-bond donors (Lipinski definition) is 2. The number of para-hydroxylation sites is 1. The van der Waals surface area contributed by atoms with E-state index in [0.717, 1.165) is 5.57 Å². The molecule has 4 heteroatoms. The lowest BCUT2D eigenvalue weighted by molar-refractivity contribution is 0.255. The molecule has 0 aliphatic carbocycles. The van der Waals surface area contributed by atoms with Gasteiger partial charge in [0.25, 0.3) is 0 Å². The Hall–Kier alpha value is -1.48. The van der Waals surface area contributed by atoms with Gasteiger partial charge in [-0.15, -0.1) is 0 Å². The molecule has 2 N–H and O–H groups in total. The number of allylic oxidation sites excluding steroid dienone is 1. The number of amides is 2. The summed E-state index contributed by atoms with van der Waals surface area (Å²) in [6.45, 7) is 8.25. The summed E-state index contributed by atoms with van der Waals surface area (Å²) in [7, 11) is 0. The summed E-state index contributed by atoms with van der Waals surface area (Å²) in [5.41, 5.74) is 1.73. The predicted molar refractivity (Wildman–Crippen MR) is 76.8 cm³/mol. The van der Waals surface area contributed by atoms with Gasteiger partial charge in [0.05, 0.1) is 10.7 Å². The Kier molecular flexibility index (Phi) is 4.79. The third kappa shape index (κ3) is 4.41. The van der Waals surface area contributed by atoms with Crippen molar-refractivity contribution < 1.29 is 4.79 Å². The van der Waals surface area contributed by atoms with Crippen molar-refractivity contribution in [3.05, 3.63) is 41.1 Å². The van der Waals surface area contributed by atoms with E-state index < -0.39 is 0 Å². The molecular weight excluding hydrogens is 248 g/mol. The Balaban J connectivity index is 2.61. The van der Waals surface area contributed by atoms with E-state index in [-0.39, 0.29) is 11.4 Å². The first kappa shape index (κ1) is 14.6. The molecule has 0 atom stereocenters. The number of halogens is 1. The van der Waals surface area contributed by atoms with Gasteiger partial charge in [0, 0.05) is 6.20 Å². The Bertz CT molecular complexity index is 461. The molecule has 0 aliphatic heterocycles. The van der Waals surface area contributed by atoms with Gasteiger partial charge in [-0.1, -0.05) is 50.1 Å².